The number of nitrogens with one attached hydrogen (secondary N) is 1. The maximum absolute atomic E-state index is 5.51. The van der Waals surface area contributed by atoms with Crippen LogP contribution in [0.2, 0.25) is 0 Å². The van der Waals surface area contributed by atoms with Crippen LogP contribution in [-0.2, 0) is 17.9 Å². The molecule has 0 spiro atoms. The van der Waals surface area contributed by atoms with Gasteiger partial charge in [-0.3, -0.25) is 4.99 Å². The molecule has 1 heterocycles. The molecule has 0 amide bonds. The molecule has 29 heavy (non-hydrogen) atoms. The zero-order valence-electron chi connectivity index (χ0n) is 17.4. The molecule has 2 aromatic carbocycles. The van der Waals surface area contributed by atoms with Gasteiger partial charge in [0.1, 0.15) is 5.75 Å². The number of halogens is 1. The van der Waals surface area contributed by atoms with E-state index in [-0.39, 0.29) is 24.0 Å². The first-order valence-corrected chi connectivity index (χ1v) is 9.65. The van der Waals surface area contributed by atoms with Crippen LogP contribution in [0.5, 0.6) is 5.75 Å². The minimum absolute atomic E-state index is 0. The van der Waals surface area contributed by atoms with Crippen LogP contribution < -0.4 is 15.0 Å². The number of para-hydroxylation sites is 2. The predicted molar refractivity (Wildman–Crippen MR) is 130 cm³/mol. The summed E-state index contributed by atoms with van der Waals surface area (Å²) in [6.45, 7) is 5.12. The molecule has 158 valence electrons. The molecule has 1 saturated heterocycles. The zero-order chi connectivity index (χ0) is 19.8. The zero-order valence-corrected chi connectivity index (χ0v) is 19.8. The van der Waals surface area contributed by atoms with Crippen molar-refractivity contribution >= 4 is 35.6 Å². The second-order valence-electron chi connectivity index (χ2n) is 6.80. The van der Waals surface area contributed by atoms with Gasteiger partial charge in [0.25, 0.3) is 0 Å². The summed E-state index contributed by atoms with van der Waals surface area (Å²) in [4.78, 5) is 9.16. The number of rotatable bonds is 6. The van der Waals surface area contributed by atoms with Crippen molar-refractivity contribution in [1.82, 2.24) is 10.2 Å². The lowest BCUT2D eigenvalue weighted by Gasteiger charge is -2.38. The summed E-state index contributed by atoms with van der Waals surface area (Å²) in [5, 5.41) is 3.49. The highest BCUT2D eigenvalue weighted by atomic mass is 127. The average molecular weight is 510 g/mol. The lowest BCUT2D eigenvalue weighted by atomic mass is 10.1. The molecule has 1 fully saturated rings. The van der Waals surface area contributed by atoms with Gasteiger partial charge in [-0.25, -0.2) is 0 Å². The number of anilines is 1. The third-order valence-electron chi connectivity index (χ3n) is 5.00. The minimum atomic E-state index is 0. The van der Waals surface area contributed by atoms with Crippen molar-refractivity contribution in [3.8, 4) is 5.75 Å². The van der Waals surface area contributed by atoms with E-state index >= 15 is 0 Å². The Balaban J connectivity index is 0.00000300. The highest BCUT2D eigenvalue weighted by Crippen LogP contribution is 2.28. The number of hydrogen-bond acceptors (Lipinski definition) is 4. The molecular formula is C22H31IN4O2. The van der Waals surface area contributed by atoms with Gasteiger partial charge in [0.15, 0.2) is 5.96 Å². The number of benzene rings is 2. The van der Waals surface area contributed by atoms with Gasteiger partial charge in [-0.15, -0.1) is 24.0 Å². The number of hydrogen-bond donors (Lipinski definition) is 1. The van der Waals surface area contributed by atoms with E-state index in [9.17, 15) is 0 Å². The molecule has 0 unspecified atom stereocenters. The second kappa shape index (κ2) is 11.9. The second-order valence-corrected chi connectivity index (χ2v) is 6.80. The minimum Gasteiger partial charge on any atom is -0.495 e. The Morgan fingerprint density at radius 1 is 0.966 bits per heavy atom. The molecule has 0 bridgehead atoms. The van der Waals surface area contributed by atoms with E-state index < -0.39 is 0 Å². The maximum Gasteiger partial charge on any atom is 0.194 e. The summed E-state index contributed by atoms with van der Waals surface area (Å²) < 4.78 is 10.7. The molecule has 1 aliphatic rings. The Hall–Kier alpha value is -2.00. The lowest BCUT2D eigenvalue weighted by molar-refractivity contribution is 0.185. The summed E-state index contributed by atoms with van der Waals surface area (Å²) in [6, 6.07) is 16.7. The van der Waals surface area contributed by atoms with Gasteiger partial charge in [0.05, 0.1) is 19.4 Å². The number of ether oxygens (including phenoxy) is 2. The topological polar surface area (TPSA) is 49.3 Å². The van der Waals surface area contributed by atoms with Gasteiger partial charge in [-0.05, 0) is 23.3 Å². The summed E-state index contributed by atoms with van der Waals surface area (Å²) >= 11 is 0. The van der Waals surface area contributed by atoms with Gasteiger partial charge >= 0.3 is 0 Å². The molecule has 1 aliphatic heterocycles. The normalized spacial score (nSPS) is 14.4. The smallest absolute Gasteiger partial charge is 0.194 e. The fourth-order valence-electron chi connectivity index (χ4n) is 3.48. The van der Waals surface area contributed by atoms with E-state index in [1.165, 1.54) is 11.1 Å². The van der Waals surface area contributed by atoms with Crippen LogP contribution in [0.1, 0.15) is 11.1 Å². The fourth-order valence-corrected chi connectivity index (χ4v) is 3.48. The Morgan fingerprint density at radius 2 is 1.62 bits per heavy atom. The van der Waals surface area contributed by atoms with Crippen molar-refractivity contribution in [3.05, 3.63) is 59.7 Å². The van der Waals surface area contributed by atoms with E-state index in [4.69, 9.17) is 9.47 Å². The molecular weight excluding hydrogens is 479 g/mol. The Morgan fingerprint density at radius 3 is 2.24 bits per heavy atom. The number of guanidine groups is 1. The Labute approximate surface area is 190 Å². The number of aliphatic imine (C=N–C) groups is 1. The van der Waals surface area contributed by atoms with Crippen molar-refractivity contribution in [2.24, 2.45) is 4.99 Å². The molecule has 0 radical (unpaired) electrons. The standard InChI is InChI=1S/C22H30N4O2.HI/c1-23-22(24-16-18-8-10-19(11-9-18)17-27-2)26-14-12-25(13-15-26)20-6-4-5-7-21(20)28-3;/h4-11H,12-17H2,1-3H3,(H,23,24);1H. The quantitative estimate of drug-likeness (QED) is 0.367. The van der Waals surface area contributed by atoms with Crippen LogP contribution in [0, 0.1) is 0 Å². The highest BCUT2D eigenvalue weighted by molar-refractivity contribution is 14.0. The first kappa shape index (κ1) is 23.3. The first-order valence-electron chi connectivity index (χ1n) is 9.65. The molecule has 0 aromatic heterocycles. The number of piperazine rings is 1. The third kappa shape index (κ3) is 6.24. The number of nitrogens with zero attached hydrogens (tertiary/aromatic N) is 3. The van der Waals surface area contributed by atoms with Gasteiger partial charge < -0.3 is 24.6 Å². The SMILES string of the molecule is CN=C(NCc1ccc(COC)cc1)N1CCN(c2ccccc2OC)CC1.I. The summed E-state index contributed by atoms with van der Waals surface area (Å²) in [7, 11) is 5.28. The summed E-state index contributed by atoms with van der Waals surface area (Å²) in [5.74, 6) is 1.87. The van der Waals surface area contributed by atoms with Crippen molar-refractivity contribution < 1.29 is 9.47 Å². The van der Waals surface area contributed by atoms with E-state index in [1.54, 1.807) is 14.2 Å². The first-order chi connectivity index (χ1) is 13.7. The van der Waals surface area contributed by atoms with Crippen molar-refractivity contribution in [2.75, 3.05) is 52.3 Å². The van der Waals surface area contributed by atoms with Gasteiger partial charge in [0.2, 0.25) is 0 Å². The van der Waals surface area contributed by atoms with Crippen LogP contribution in [0.3, 0.4) is 0 Å². The highest BCUT2D eigenvalue weighted by Gasteiger charge is 2.21. The van der Waals surface area contributed by atoms with E-state index in [1.807, 2.05) is 19.2 Å². The molecule has 0 saturated carbocycles. The van der Waals surface area contributed by atoms with Crippen LogP contribution in [0.15, 0.2) is 53.5 Å². The summed E-state index contributed by atoms with van der Waals surface area (Å²) in [6.07, 6.45) is 0. The fraction of sp³-hybridized carbons (Fsp3) is 0.409. The molecule has 0 atom stereocenters. The van der Waals surface area contributed by atoms with Crippen molar-refractivity contribution in [3.63, 3.8) is 0 Å². The summed E-state index contributed by atoms with van der Waals surface area (Å²) in [5.41, 5.74) is 3.57. The van der Waals surface area contributed by atoms with Crippen molar-refractivity contribution in [1.29, 1.82) is 0 Å². The molecule has 7 heteroatoms. The monoisotopic (exact) mass is 510 g/mol. The van der Waals surface area contributed by atoms with Gasteiger partial charge in [-0.2, -0.15) is 0 Å². The number of methoxy groups -OCH3 is 2. The Kier molecular flexibility index (Phi) is 9.53. The molecule has 6 nitrogen and oxygen atoms in total. The lowest BCUT2D eigenvalue weighted by Crippen LogP contribution is -2.52. The van der Waals surface area contributed by atoms with Crippen molar-refractivity contribution in [2.45, 2.75) is 13.2 Å². The molecule has 0 aliphatic carbocycles. The van der Waals surface area contributed by atoms with E-state index in [0.29, 0.717) is 6.61 Å². The van der Waals surface area contributed by atoms with Crippen LogP contribution in [0.25, 0.3) is 0 Å². The maximum atomic E-state index is 5.51. The van der Waals surface area contributed by atoms with Gasteiger partial charge in [0, 0.05) is 46.9 Å². The average Bonchev–Trinajstić information content (AvgIpc) is 2.76. The van der Waals surface area contributed by atoms with Crippen LogP contribution >= 0.6 is 24.0 Å². The van der Waals surface area contributed by atoms with Crippen LogP contribution in [-0.4, -0.2) is 58.3 Å². The molecule has 1 N–H and O–H groups in total. The van der Waals surface area contributed by atoms with Crippen LogP contribution in [0.4, 0.5) is 5.69 Å². The predicted octanol–water partition coefficient (Wildman–Crippen LogP) is 3.36. The Bertz CT molecular complexity index is 775. The third-order valence-corrected chi connectivity index (χ3v) is 5.00. The van der Waals surface area contributed by atoms with E-state index in [0.717, 1.165) is 50.1 Å². The largest absolute Gasteiger partial charge is 0.495 e. The van der Waals surface area contributed by atoms with Gasteiger partial charge in [-0.1, -0.05) is 36.4 Å². The molecule has 2 aromatic rings. The molecule has 3 rings (SSSR count). The van der Waals surface area contributed by atoms with E-state index in [2.05, 4.69) is 56.5 Å².